The van der Waals surface area contributed by atoms with Gasteiger partial charge in [-0.25, -0.2) is 14.0 Å². The van der Waals surface area contributed by atoms with E-state index < -0.39 is 0 Å². The highest BCUT2D eigenvalue weighted by atomic mass is 16.1. The zero-order valence-corrected chi connectivity index (χ0v) is 20.7. The zero-order chi connectivity index (χ0) is 24.7. The summed E-state index contributed by atoms with van der Waals surface area (Å²) in [6, 6.07) is 10.3. The van der Waals surface area contributed by atoms with E-state index in [2.05, 4.69) is 52.9 Å². The number of aryl methyl sites for hydroxylation is 1. The molecular weight excluding hydrogens is 442 g/mol. The molecule has 0 amide bonds. The molecule has 4 aromatic rings. The van der Waals surface area contributed by atoms with E-state index >= 15 is 0 Å². The molecule has 0 unspecified atom stereocenters. The summed E-state index contributed by atoms with van der Waals surface area (Å²) < 4.78 is 5.20. The van der Waals surface area contributed by atoms with E-state index in [1.54, 1.807) is 28.4 Å². The molecule has 182 valence electrons. The van der Waals surface area contributed by atoms with Crippen molar-refractivity contribution in [2.24, 2.45) is 7.05 Å². The Kier molecular flexibility index (Phi) is 6.03. The van der Waals surface area contributed by atoms with Gasteiger partial charge in [0.25, 0.3) is 5.56 Å². The van der Waals surface area contributed by atoms with Crippen molar-refractivity contribution < 1.29 is 0 Å². The lowest BCUT2D eigenvalue weighted by atomic mass is 9.99. The molecule has 10 heteroatoms. The summed E-state index contributed by atoms with van der Waals surface area (Å²) >= 11 is 0. The van der Waals surface area contributed by atoms with E-state index in [1.165, 1.54) is 0 Å². The molecule has 5 rings (SSSR count). The third-order valence-corrected chi connectivity index (χ3v) is 7.33. The maximum atomic E-state index is 12.9. The normalized spacial score (nSPS) is 19.9. The van der Waals surface area contributed by atoms with Gasteiger partial charge in [-0.15, -0.1) is 0 Å². The first-order chi connectivity index (χ1) is 16.9. The SMILES string of the molecule is CC[C@H]1CN([C@H](C)c2ccn3nccc3n2)[C@H](CC)CN1c1cc(=O)n(C)c2cc(CC#N)nn12. The largest absolute Gasteiger partial charge is 0.351 e. The minimum absolute atomic E-state index is 0.0760. The molecule has 0 radical (unpaired) electrons. The number of nitrogens with zero attached hydrogens (tertiary/aromatic N) is 9. The monoisotopic (exact) mass is 473 g/mol. The van der Waals surface area contributed by atoms with Gasteiger partial charge in [0.2, 0.25) is 0 Å². The average Bonchev–Trinajstić information content (AvgIpc) is 3.52. The van der Waals surface area contributed by atoms with E-state index in [-0.39, 0.29) is 30.1 Å². The fourth-order valence-corrected chi connectivity index (χ4v) is 5.25. The lowest BCUT2D eigenvalue weighted by Crippen LogP contribution is -2.59. The van der Waals surface area contributed by atoms with Gasteiger partial charge >= 0.3 is 0 Å². The Hall–Kier alpha value is -3.71. The standard InChI is InChI=1S/C25H31N9O/c1-5-19-16-32(24-14-25(35)30(4)23-13-18(7-10-26)29-34(23)24)20(6-2)15-31(19)17(3)21-9-12-33-22(28-21)8-11-27-33/h8-9,11-14,17,19-20H,5-7,15-16H2,1-4H3/t17-,19-,20+/m1/s1. The number of piperazine rings is 1. The highest BCUT2D eigenvalue weighted by molar-refractivity contribution is 5.52. The topological polar surface area (TPSA) is 99.8 Å². The van der Waals surface area contributed by atoms with E-state index in [0.717, 1.165) is 43.1 Å². The van der Waals surface area contributed by atoms with Crippen LogP contribution in [0.15, 0.2) is 41.5 Å². The molecule has 4 aromatic heterocycles. The predicted molar refractivity (Wildman–Crippen MR) is 133 cm³/mol. The molecule has 1 saturated heterocycles. The van der Waals surface area contributed by atoms with Gasteiger partial charge in [-0.1, -0.05) is 13.8 Å². The number of hydrogen-bond donors (Lipinski definition) is 0. The summed E-state index contributed by atoms with van der Waals surface area (Å²) in [5.74, 6) is 0.795. The Morgan fingerprint density at radius 1 is 1.17 bits per heavy atom. The van der Waals surface area contributed by atoms with Crippen LogP contribution in [0, 0.1) is 11.3 Å². The molecule has 0 saturated carbocycles. The first-order valence-corrected chi connectivity index (χ1v) is 12.2. The van der Waals surface area contributed by atoms with Crippen molar-refractivity contribution in [1.82, 2.24) is 33.7 Å². The van der Waals surface area contributed by atoms with Gasteiger partial charge in [0.1, 0.15) is 11.5 Å². The molecule has 0 aromatic carbocycles. The highest BCUT2D eigenvalue weighted by Gasteiger charge is 2.36. The fraction of sp³-hybridized carbons (Fsp3) is 0.480. The van der Waals surface area contributed by atoms with Gasteiger partial charge in [-0.3, -0.25) is 14.3 Å². The molecule has 0 spiro atoms. The quantitative estimate of drug-likeness (QED) is 0.424. The van der Waals surface area contributed by atoms with Crippen molar-refractivity contribution in [2.75, 3.05) is 18.0 Å². The smallest absolute Gasteiger partial charge is 0.255 e. The lowest BCUT2D eigenvalue weighted by Gasteiger charge is -2.49. The van der Waals surface area contributed by atoms with E-state index in [1.807, 2.05) is 22.8 Å². The van der Waals surface area contributed by atoms with Crippen LogP contribution in [0.25, 0.3) is 11.3 Å². The second-order valence-corrected chi connectivity index (χ2v) is 9.28. The third kappa shape index (κ3) is 3.96. The van der Waals surface area contributed by atoms with E-state index in [4.69, 9.17) is 10.2 Å². The van der Waals surface area contributed by atoms with Crippen LogP contribution in [-0.4, -0.2) is 58.9 Å². The van der Waals surface area contributed by atoms with Crippen molar-refractivity contribution in [2.45, 2.75) is 58.2 Å². The fourth-order valence-electron chi connectivity index (χ4n) is 5.25. The lowest BCUT2D eigenvalue weighted by molar-refractivity contribution is 0.0985. The molecule has 1 fully saturated rings. The summed E-state index contributed by atoms with van der Waals surface area (Å²) in [5.41, 5.74) is 3.18. The third-order valence-electron chi connectivity index (χ3n) is 7.33. The van der Waals surface area contributed by atoms with Gasteiger partial charge in [0.05, 0.1) is 30.1 Å². The number of hydrogen-bond acceptors (Lipinski definition) is 7. The maximum absolute atomic E-state index is 12.9. The Balaban J connectivity index is 1.51. The minimum atomic E-state index is -0.0760. The van der Waals surface area contributed by atoms with Gasteiger partial charge < -0.3 is 4.90 Å². The summed E-state index contributed by atoms with van der Waals surface area (Å²) in [4.78, 5) is 22.6. The molecule has 3 atom stereocenters. The summed E-state index contributed by atoms with van der Waals surface area (Å²) in [7, 11) is 1.75. The van der Waals surface area contributed by atoms with Gasteiger partial charge in [0.15, 0.2) is 5.65 Å². The van der Waals surface area contributed by atoms with Gasteiger partial charge in [-0.2, -0.15) is 15.5 Å². The average molecular weight is 474 g/mol. The van der Waals surface area contributed by atoms with E-state index in [9.17, 15) is 4.79 Å². The van der Waals surface area contributed by atoms with Gasteiger partial charge in [0, 0.05) is 62.7 Å². The Bertz CT molecular complexity index is 1460. The Labute approximate surface area is 204 Å². The number of aromatic nitrogens is 6. The number of rotatable bonds is 6. The van der Waals surface area contributed by atoms with E-state index in [0.29, 0.717) is 11.3 Å². The van der Waals surface area contributed by atoms with Crippen LogP contribution in [-0.2, 0) is 13.5 Å². The number of fused-ring (bicyclic) bond motifs is 2. The molecule has 0 bridgehead atoms. The summed E-state index contributed by atoms with van der Waals surface area (Å²) in [6.07, 6.45) is 5.84. The molecule has 1 aliphatic rings. The zero-order valence-electron chi connectivity index (χ0n) is 20.7. The maximum Gasteiger partial charge on any atom is 0.255 e. The first kappa shape index (κ1) is 23.1. The number of nitriles is 1. The van der Waals surface area contributed by atoms with Crippen LogP contribution in [0.4, 0.5) is 5.82 Å². The van der Waals surface area contributed by atoms with Crippen LogP contribution in [0.5, 0.6) is 0 Å². The van der Waals surface area contributed by atoms with Crippen LogP contribution in [0.1, 0.15) is 51.0 Å². The minimum Gasteiger partial charge on any atom is -0.351 e. The molecule has 10 nitrogen and oxygen atoms in total. The van der Waals surface area contributed by atoms with Gasteiger partial charge in [-0.05, 0) is 25.8 Å². The molecule has 1 aliphatic heterocycles. The van der Waals surface area contributed by atoms with Crippen molar-refractivity contribution >= 4 is 17.1 Å². The van der Waals surface area contributed by atoms with Crippen molar-refractivity contribution in [3.8, 4) is 6.07 Å². The molecule has 5 heterocycles. The Morgan fingerprint density at radius 3 is 2.71 bits per heavy atom. The van der Waals surface area contributed by atoms with Crippen LogP contribution >= 0.6 is 0 Å². The predicted octanol–water partition coefficient (Wildman–Crippen LogP) is 2.58. The van der Waals surface area contributed by atoms with Crippen LogP contribution in [0.2, 0.25) is 0 Å². The first-order valence-electron chi connectivity index (χ1n) is 12.2. The summed E-state index contributed by atoms with van der Waals surface area (Å²) in [5, 5.41) is 18.1. The van der Waals surface area contributed by atoms with Crippen LogP contribution < -0.4 is 10.5 Å². The van der Waals surface area contributed by atoms with Crippen molar-refractivity contribution in [3.63, 3.8) is 0 Å². The molecule has 35 heavy (non-hydrogen) atoms. The number of anilines is 1. The molecule has 0 N–H and O–H groups in total. The van der Waals surface area contributed by atoms with Crippen molar-refractivity contribution in [3.05, 3.63) is 58.4 Å². The molecule has 0 aliphatic carbocycles. The second-order valence-electron chi connectivity index (χ2n) is 9.28. The highest BCUT2D eigenvalue weighted by Crippen LogP contribution is 2.31. The molecular formula is C25H31N9O. The van der Waals surface area contributed by atoms with Crippen LogP contribution in [0.3, 0.4) is 0 Å². The summed E-state index contributed by atoms with van der Waals surface area (Å²) in [6.45, 7) is 8.25. The van der Waals surface area contributed by atoms with Crippen molar-refractivity contribution in [1.29, 1.82) is 5.26 Å². The Morgan fingerprint density at radius 2 is 1.97 bits per heavy atom. The second kappa shape index (κ2) is 9.15.